The lowest BCUT2D eigenvalue weighted by atomic mass is 10.2. The minimum Gasteiger partial charge on any atom is -0.381 e. The number of nitro benzene ring substituents is 1. The third-order valence-electron chi connectivity index (χ3n) is 3.22. The van der Waals surface area contributed by atoms with Gasteiger partial charge in [-0.2, -0.15) is 5.10 Å². The van der Waals surface area contributed by atoms with Gasteiger partial charge in [-0.25, -0.2) is 4.39 Å². The van der Waals surface area contributed by atoms with Gasteiger partial charge in [-0.05, 0) is 19.9 Å². The lowest BCUT2D eigenvalue weighted by Gasteiger charge is -2.07. The molecule has 0 aliphatic carbocycles. The van der Waals surface area contributed by atoms with Crippen LogP contribution in [0, 0.1) is 29.8 Å². The lowest BCUT2D eigenvalue weighted by molar-refractivity contribution is -0.385. The largest absolute Gasteiger partial charge is 0.381 e. The molecule has 1 heterocycles. The maximum atomic E-state index is 13.3. The van der Waals surface area contributed by atoms with E-state index in [1.165, 1.54) is 12.1 Å². The highest BCUT2D eigenvalue weighted by Crippen LogP contribution is 2.21. The summed E-state index contributed by atoms with van der Waals surface area (Å²) in [7, 11) is 1.85. The fraction of sp³-hybridized carbons (Fsp3) is 0.308. The molecular weight excluding hydrogens is 263 g/mol. The molecule has 0 radical (unpaired) electrons. The van der Waals surface area contributed by atoms with Gasteiger partial charge >= 0.3 is 0 Å². The average molecular weight is 278 g/mol. The summed E-state index contributed by atoms with van der Waals surface area (Å²) in [4.78, 5) is 10.1. The Balaban J connectivity index is 2.21. The van der Waals surface area contributed by atoms with Gasteiger partial charge in [-0.1, -0.05) is 0 Å². The van der Waals surface area contributed by atoms with E-state index in [1.54, 1.807) is 4.68 Å². The zero-order chi connectivity index (χ0) is 14.9. The molecule has 0 aliphatic heterocycles. The molecule has 0 amide bonds. The molecule has 0 aliphatic rings. The van der Waals surface area contributed by atoms with Crippen molar-refractivity contribution in [3.05, 3.63) is 51.1 Å². The Bertz CT molecular complexity index is 667. The third-order valence-corrected chi connectivity index (χ3v) is 3.22. The summed E-state index contributed by atoms with van der Waals surface area (Å²) in [6.07, 6.45) is 0. The first-order valence-corrected chi connectivity index (χ1v) is 6.06. The van der Waals surface area contributed by atoms with Crippen molar-refractivity contribution in [1.29, 1.82) is 0 Å². The third kappa shape index (κ3) is 2.76. The average Bonchev–Trinajstić information content (AvgIpc) is 2.60. The minimum atomic E-state index is -0.638. The Labute approximate surface area is 115 Å². The van der Waals surface area contributed by atoms with E-state index in [9.17, 15) is 14.5 Å². The topological polar surface area (TPSA) is 73.0 Å². The van der Waals surface area contributed by atoms with Gasteiger partial charge in [0.1, 0.15) is 5.82 Å². The molecule has 106 valence electrons. The molecule has 1 aromatic carbocycles. The van der Waals surface area contributed by atoms with Gasteiger partial charge < -0.3 is 5.32 Å². The van der Waals surface area contributed by atoms with Crippen molar-refractivity contribution in [1.82, 2.24) is 9.78 Å². The van der Waals surface area contributed by atoms with Crippen LogP contribution < -0.4 is 5.32 Å². The van der Waals surface area contributed by atoms with Crippen LogP contribution >= 0.6 is 0 Å². The van der Waals surface area contributed by atoms with E-state index >= 15 is 0 Å². The lowest BCUT2D eigenvalue weighted by Crippen LogP contribution is -2.03. The molecule has 0 fully saturated rings. The quantitative estimate of drug-likeness (QED) is 0.689. The first-order chi connectivity index (χ1) is 9.38. The second kappa shape index (κ2) is 5.28. The number of hydrogen-bond acceptors (Lipinski definition) is 4. The van der Waals surface area contributed by atoms with Crippen LogP contribution in [0.15, 0.2) is 18.2 Å². The van der Waals surface area contributed by atoms with E-state index in [0.29, 0.717) is 12.2 Å². The fourth-order valence-electron chi connectivity index (χ4n) is 2.05. The molecule has 0 spiro atoms. The smallest absolute Gasteiger partial charge is 0.274 e. The Morgan fingerprint density at radius 2 is 2.10 bits per heavy atom. The molecule has 2 aromatic rings. The highest BCUT2D eigenvalue weighted by molar-refractivity contribution is 5.52. The number of hydrogen-bond donors (Lipinski definition) is 1. The molecule has 2 rings (SSSR count). The molecule has 1 N–H and O–H groups in total. The van der Waals surface area contributed by atoms with Crippen molar-refractivity contribution >= 4 is 11.4 Å². The van der Waals surface area contributed by atoms with Gasteiger partial charge in [0, 0.05) is 36.6 Å². The molecule has 0 saturated carbocycles. The van der Waals surface area contributed by atoms with Crippen LogP contribution in [0.1, 0.15) is 17.0 Å². The number of non-ortho nitro benzene ring substituents is 1. The molecular formula is C13H15FN4O2. The van der Waals surface area contributed by atoms with Crippen molar-refractivity contribution < 1.29 is 9.31 Å². The number of nitrogens with zero attached hydrogens (tertiary/aromatic N) is 3. The molecule has 6 nitrogen and oxygen atoms in total. The van der Waals surface area contributed by atoms with E-state index in [-0.39, 0.29) is 5.69 Å². The molecule has 1 aromatic heterocycles. The van der Waals surface area contributed by atoms with Crippen molar-refractivity contribution in [3.8, 4) is 0 Å². The van der Waals surface area contributed by atoms with Crippen LogP contribution in [0.5, 0.6) is 0 Å². The second-order valence-corrected chi connectivity index (χ2v) is 4.58. The summed E-state index contributed by atoms with van der Waals surface area (Å²) >= 11 is 0. The van der Waals surface area contributed by atoms with E-state index in [4.69, 9.17) is 0 Å². The zero-order valence-corrected chi connectivity index (χ0v) is 11.5. The van der Waals surface area contributed by atoms with Crippen LogP contribution in [-0.2, 0) is 13.6 Å². The molecule has 0 atom stereocenters. The summed E-state index contributed by atoms with van der Waals surface area (Å²) in [5, 5.41) is 18.0. The van der Waals surface area contributed by atoms with Gasteiger partial charge in [0.05, 0.1) is 16.7 Å². The SMILES string of the molecule is Cc1nn(C)c(C)c1CNc1cc(F)cc([N+](=O)[O-])c1. The van der Waals surface area contributed by atoms with Gasteiger partial charge in [0.15, 0.2) is 0 Å². The Kier molecular flexibility index (Phi) is 3.69. The maximum Gasteiger partial charge on any atom is 0.274 e. The van der Waals surface area contributed by atoms with E-state index in [0.717, 1.165) is 23.0 Å². The van der Waals surface area contributed by atoms with Crippen molar-refractivity contribution in [3.63, 3.8) is 0 Å². The van der Waals surface area contributed by atoms with Crippen LogP contribution in [0.4, 0.5) is 15.8 Å². The zero-order valence-electron chi connectivity index (χ0n) is 11.5. The van der Waals surface area contributed by atoms with Gasteiger partial charge in [0.2, 0.25) is 0 Å². The first kappa shape index (κ1) is 14.0. The first-order valence-electron chi connectivity index (χ1n) is 6.06. The molecule has 7 heteroatoms. The summed E-state index contributed by atoms with van der Waals surface area (Å²) in [5.41, 5.74) is 2.98. The van der Waals surface area contributed by atoms with E-state index < -0.39 is 10.7 Å². The van der Waals surface area contributed by atoms with Gasteiger partial charge in [-0.3, -0.25) is 14.8 Å². The van der Waals surface area contributed by atoms with E-state index in [2.05, 4.69) is 10.4 Å². The van der Waals surface area contributed by atoms with E-state index in [1.807, 2.05) is 20.9 Å². The normalized spacial score (nSPS) is 10.6. The predicted octanol–water partition coefficient (Wildman–Crippen LogP) is 2.70. The van der Waals surface area contributed by atoms with Crippen LogP contribution in [-0.4, -0.2) is 14.7 Å². The standard InChI is InChI=1S/C13H15FN4O2/c1-8-13(9(2)17(3)16-8)7-15-11-4-10(14)5-12(6-11)18(19)20/h4-6,15H,7H2,1-3H3. The summed E-state index contributed by atoms with van der Waals surface area (Å²) < 4.78 is 15.1. The predicted molar refractivity (Wildman–Crippen MR) is 73.1 cm³/mol. The Hall–Kier alpha value is -2.44. The number of halogens is 1. The van der Waals surface area contributed by atoms with Crippen molar-refractivity contribution in [2.24, 2.45) is 7.05 Å². The monoisotopic (exact) mass is 278 g/mol. The number of aromatic nitrogens is 2. The highest BCUT2D eigenvalue weighted by atomic mass is 19.1. The Morgan fingerprint density at radius 1 is 1.40 bits per heavy atom. The molecule has 20 heavy (non-hydrogen) atoms. The van der Waals surface area contributed by atoms with Crippen molar-refractivity contribution in [2.45, 2.75) is 20.4 Å². The summed E-state index contributed by atoms with van der Waals surface area (Å²) in [6, 6.07) is 3.43. The van der Waals surface area contributed by atoms with Gasteiger partial charge in [0.25, 0.3) is 5.69 Å². The number of anilines is 1. The van der Waals surface area contributed by atoms with Crippen LogP contribution in [0.2, 0.25) is 0 Å². The van der Waals surface area contributed by atoms with Gasteiger partial charge in [-0.15, -0.1) is 0 Å². The molecule has 0 bridgehead atoms. The Morgan fingerprint density at radius 3 is 2.65 bits per heavy atom. The second-order valence-electron chi connectivity index (χ2n) is 4.58. The number of nitro groups is 1. The molecule has 0 unspecified atom stereocenters. The minimum absolute atomic E-state index is 0.271. The number of nitrogens with one attached hydrogen (secondary N) is 1. The summed E-state index contributed by atoms with van der Waals surface area (Å²) in [5.74, 6) is -0.638. The van der Waals surface area contributed by atoms with Crippen molar-refractivity contribution in [2.75, 3.05) is 5.32 Å². The molecule has 0 saturated heterocycles. The van der Waals surface area contributed by atoms with Crippen LogP contribution in [0.25, 0.3) is 0 Å². The maximum absolute atomic E-state index is 13.3. The number of benzene rings is 1. The fourth-order valence-corrected chi connectivity index (χ4v) is 2.05. The number of rotatable bonds is 4. The highest BCUT2D eigenvalue weighted by Gasteiger charge is 2.12. The number of aryl methyl sites for hydroxylation is 2. The van der Waals surface area contributed by atoms with Crippen LogP contribution in [0.3, 0.4) is 0 Å². The summed E-state index contributed by atoms with van der Waals surface area (Å²) in [6.45, 7) is 4.26.